The van der Waals surface area contributed by atoms with Gasteiger partial charge in [-0.3, -0.25) is 14.8 Å². The monoisotopic (exact) mass is 294 g/mol. The summed E-state index contributed by atoms with van der Waals surface area (Å²) in [6, 6.07) is 4.82. The average Bonchev–Trinajstić information content (AvgIpc) is 2.69. The zero-order valence-electron chi connectivity index (χ0n) is 11.3. The van der Waals surface area contributed by atoms with Crippen molar-refractivity contribution < 1.29 is 4.92 Å². The Labute approximate surface area is 121 Å². The van der Waals surface area contributed by atoms with Gasteiger partial charge in [-0.15, -0.1) is 0 Å². The van der Waals surface area contributed by atoms with Gasteiger partial charge < -0.3 is 5.32 Å². The maximum atomic E-state index is 10.8. The van der Waals surface area contributed by atoms with Crippen molar-refractivity contribution in [3.63, 3.8) is 0 Å². The summed E-state index contributed by atoms with van der Waals surface area (Å²) in [6.07, 6.45) is 1.95. The molecule has 0 aliphatic carbocycles. The molecule has 0 atom stereocenters. The van der Waals surface area contributed by atoms with Crippen LogP contribution in [-0.4, -0.2) is 14.7 Å². The molecule has 0 unspecified atom stereocenters. The Balaban J connectivity index is 1.99. The summed E-state index contributed by atoms with van der Waals surface area (Å²) in [6.45, 7) is 3.15. The van der Waals surface area contributed by atoms with Crippen molar-refractivity contribution in [2.45, 2.75) is 20.0 Å². The second-order valence-corrected chi connectivity index (χ2v) is 4.97. The van der Waals surface area contributed by atoms with E-state index >= 15 is 0 Å². The first kappa shape index (κ1) is 14.5. The molecule has 0 saturated carbocycles. The lowest BCUT2D eigenvalue weighted by atomic mass is 10.2. The van der Waals surface area contributed by atoms with Crippen molar-refractivity contribution in [1.29, 1.82) is 0 Å². The highest BCUT2D eigenvalue weighted by Gasteiger charge is 2.12. The minimum atomic E-state index is -0.475. The largest absolute Gasteiger partial charge is 0.308 e. The minimum absolute atomic E-state index is 0.0662. The number of nitrogens with one attached hydrogen (secondary N) is 1. The van der Waals surface area contributed by atoms with Gasteiger partial charge in [0.15, 0.2) is 0 Å². The third kappa shape index (κ3) is 3.34. The quantitative estimate of drug-likeness (QED) is 0.679. The highest BCUT2D eigenvalue weighted by atomic mass is 35.5. The van der Waals surface area contributed by atoms with E-state index in [2.05, 4.69) is 10.4 Å². The fourth-order valence-electron chi connectivity index (χ4n) is 1.97. The summed E-state index contributed by atoms with van der Waals surface area (Å²) in [7, 11) is 1.87. The number of rotatable bonds is 5. The van der Waals surface area contributed by atoms with Crippen LogP contribution in [0.25, 0.3) is 0 Å². The number of nitro groups is 1. The summed E-state index contributed by atoms with van der Waals surface area (Å²) in [5, 5.41) is 18.5. The third-order valence-electron chi connectivity index (χ3n) is 2.97. The molecule has 0 amide bonds. The van der Waals surface area contributed by atoms with Crippen LogP contribution >= 0.6 is 11.6 Å². The lowest BCUT2D eigenvalue weighted by Gasteiger charge is -2.05. The predicted molar refractivity (Wildman–Crippen MR) is 76.6 cm³/mol. The van der Waals surface area contributed by atoms with Gasteiger partial charge in [-0.1, -0.05) is 17.7 Å². The molecule has 2 aromatic rings. The maximum absolute atomic E-state index is 10.8. The molecule has 0 fully saturated rings. The number of benzene rings is 1. The van der Waals surface area contributed by atoms with Gasteiger partial charge in [-0.2, -0.15) is 5.10 Å². The third-order valence-corrected chi connectivity index (χ3v) is 3.29. The molecule has 0 aliphatic heterocycles. The lowest BCUT2D eigenvalue weighted by molar-refractivity contribution is -0.384. The predicted octanol–water partition coefficient (Wildman–Crippen LogP) is 2.58. The second-order valence-electron chi connectivity index (χ2n) is 4.56. The van der Waals surface area contributed by atoms with Crippen molar-refractivity contribution >= 4 is 17.3 Å². The van der Waals surface area contributed by atoms with E-state index in [1.54, 1.807) is 16.8 Å². The van der Waals surface area contributed by atoms with Gasteiger partial charge in [-0.25, -0.2) is 0 Å². The van der Waals surface area contributed by atoms with Crippen molar-refractivity contribution in [2.24, 2.45) is 7.05 Å². The van der Waals surface area contributed by atoms with Gasteiger partial charge in [-0.05, 0) is 18.6 Å². The molecule has 7 heteroatoms. The number of nitrogens with zero attached hydrogens (tertiary/aromatic N) is 3. The van der Waals surface area contributed by atoms with E-state index in [0.717, 1.165) is 16.8 Å². The number of halogens is 1. The van der Waals surface area contributed by atoms with E-state index in [0.29, 0.717) is 13.1 Å². The Bertz CT molecular complexity index is 639. The van der Waals surface area contributed by atoms with Crippen molar-refractivity contribution in [2.75, 3.05) is 0 Å². The molecule has 0 saturated heterocycles. The van der Waals surface area contributed by atoms with Gasteiger partial charge >= 0.3 is 0 Å². The molecule has 0 spiro atoms. The van der Waals surface area contributed by atoms with Crippen LogP contribution in [0.2, 0.25) is 5.02 Å². The molecule has 0 radical (unpaired) electrons. The van der Waals surface area contributed by atoms with Crippen LogP contribution in [0.4, 0.5) is 5.69 Å². The Morgan fingerprint density at radius 2 is 2.20 bits per heavy atom. The molecule has 1 aromatic carbocycles. The SMILES string of the molecule is Cc1nn(C)cc1CNCc1ccc(Cl)c([N+](=O)[O-])c1. The summed E-state index contributed by atoms with van der Waals surface area (Å²) in [5.74, 6) is 0. The zero-order chi connectivity index (χ0) is 14.7. The first-order chi connectivity index (χ1) is 9.47. The number of nitro benzene ring substituents is 1. The Hall–Kier alpha value is -1.92. The molecule has 1 N–H and O–H groups in total. The van der Waals surface area contributed by atoms with E-state index in [1.807, 2.05) is 20.2 Å². The second kappa shape index (κ2) is 6.02. The molecule has 0 bridgehead atoms. The van der Waals surface area contributed by atoms with Gasteiger partial charge in [0.05, 0.1) is 10.6 Å². The summed E-state index contributed by atoms with van der Waals surface area (Å²) in [4.78, 5) is 10.3. The smallest absolute Gasteiger partial charge is 0.288 e. The molecule has 20 heavy (non-hydrogen) atoms. The normalized spacial score (nSPS) is 10.8. The number of aromatic nitrogens is 2. The number of aryl methyl sites for hydroxylation is 2. The highest BCUT2D eigenvalue weighted by molar-refractivity contribution is 6.32. The van der Waals surface area contributed by atoms with Crippen LogP contribution in [0.1, 0.15) is 16.8 Å². The van der Waals surface area contributed by atoms with Gasteiger partial charge in [0.2, 0.25) is 0 Å². The molecule has 2 rings (SSSR count). The molecule has 1 heterocycles. The number of hydrogen-bond acceptors (Lipinski definition) is 4. The van der Waals surface area contributed by atoms with Crippen LogP contribution in [-0.2, 0) is 20.1 Å². The lowest BCUT2D eigenvalue weighted by Crippen LogP contribution is -2.13. The van der Waals surface area contributed by atoms with Crippen LogP contribution < -0.4 is 5.32 Å². The van der Waals surface area contributed by atoms with Gasteiger partial charge in [0.25, 0.3) is 5.69 Å². The van der Waals surface area contributed by atoms with E-state index in [4.69, 9.17) is 11.6 Å². The summed E-state index contributed by atoms with van der Waals surface area (Å²) >= 11 is 5.77. The fraction of sp³-hybridized carbons (Fsp3) is 0.308. The molecule has 0 aliphatic rings. The molecule has 106 valence electrons. The van der Waals surface area contributed by atoms with Crippen LogP contribution in [0.15, 0.2) is 24.4 Å². The molecular weight excluding hydrogens is 280 g/mol. The molecule has 6 nitrogen and oxygen atoms in total. The Morgan fingerprint density at radius 1 is 1.45 bits per heavy atom. The fourth-order valence-corrected chi connectivity index (χ4v) is 2.16. The van der Waals surface area contributed by atoms with E-state index in [-0.39, 0.29) is 10.7 Å². The standard InChI is InChI=1S/C13H15ClN4O2/c1-9-11(8-17(2)16-9)7-15-6-10-3-4-12(14)13(5-10)18(19)20/h3-5,8,15H,6-7H2,1-2H3. The van der Waals surface area contributed by atoms with E-state index in [9.17, 15) is 10.1 Å². The molecule has 1 aromatic heterocycles. The first-order valence-electron chi connectivity index (χ1n) is 6.10. The van der Waals surface area contributed by atoms with Crippen LogP contribution in [0.3, 0.4) is 0 Å². The summed E-state index contributed by atoms with van der Waals surface area (Å²) < 4.78 is 1.76. The average molecular weight is 295 g/mol. The van der Waals surface area contributed by atoms with Gasteiger partial charge in [0.1, 0.15) is 5.02 Å². The molecular formula is C13H15ClN4O2. The summed E-state index contributed by atoms with van der Waals surface area (Å²) in [5.41, 5.74) is 2.84. The number of hydrogen-bond donors (Lipinski definition) is 1. The topological polar surface area (TPSA) is 73.0 Å². The van der Waals surface area contributed by atoms with Crippen molar-refractivity contribution in [3.05, 3.63) is 56.4 Å². The maximum Gasteiger partial charge on any atom is 0.288 e. The zero-order valence-corrected chi connectivity index (χ0v) is 12.0. The first-order valence-corrected chi connectivity index (χ1v) is 6.48. The van der Waals surface area contributed by atoms with E-state index < -0.39 is 4.92 Å². The van der Waals surface area contributed by atoms with E-state index in [1.165, 1.54) is 6.07 Å². The van der Waals surface area contributed by atoms with Gasteiger partial charge in [0, 0.05) is 38.0 Å². The minimum Gasteiger partial charge on any atom is -0.308 e. The van der Waals surface area contributed by atoms with Crippen molar-refractivity contribution in [3.8, 4) is 0 Å². The highest BCUT2D eigenvalue weighted by Crippen LogP contribution is 2.24. The van der Waals surface area contributed by atoms with Crippen LogP contribution in [0.5, 0.6) is 0 Å². The Morgan fingerprint density at radius 3 is 2.80 bits per heavy atom. The van der Waals surface area contributed by atoms with Crippen molar-refractivity contribution in [1.82, 2.24) is 15.1 Å². The Kier molecular flexibility index (Phi) is 4.36. The van der Waals surface area contributed by atoms with Crippen LogP contribution in [0, 0.1) is 17.0 Å².